The van der Waals surface area contributed by atoms with Gasteiger partial charge in [0.05, 0.1) is 13.2 Å². The fraction of sp³-hybridized carbons (Fsp3) is 0.778. The maximum Gasteiger partial charge on any atom is 0.120 e. The second-order valence-electron chi connectivity index (χ2n) is 6.39. The minimum atomic E-state index is -0.432. The van der Waals surface area contributed by atoms with Gasteiger partial charge in [-0.25, -0.2) is 0 Å². The van der Waals surface area contributed by atoms with Crippen LogP contribution in [0.25, 0.3) is 0 Å². The van der Waals surface area contributed by atoms with E-state index in [1.807, 2.05) is 0 Å². The zero-order valence-electron chi connectivity index (χ0n) is 14.8. The highest BCUT2D eigenvalue weighted by atomic mass is 16.6. The average molecular weight is 310 g/mol. The molecular weight excluding hydrogens is 280 g/mol. The van der Waals surface area contributed by atoms with Gasteiger partial charge in [-0.15, -0.1) is 0 Å². The number of hydrogen-bond acceptors (Lipinski definition) is 4. The molecule has 0 aromatic rings. The van der Waals surface area contributed by atoms with E-state index in [9.17, 15) is 0 Å². The van der Waals surface area contributed by atoms with Crippen LogP contribution >= 0.6 is 0 Å². The van der Waals surface area contributed by atoms with Crippen LogP contribution in [0.2, 0.25) is 0 Å². The molecule has 0 bridgehead atoms. The Morgan fingerprint density at radius 1 is 0.864 bits per heavy atom. The van der Waals surface area contributed by atoms with Gasteiger partial charge in [0.15, 0.2) is 0 Å². The molecule has 0 N–H and O–H groups in total. The van der Waals surface area contributed by atoms with Crippen LogP contribution in [0, 0.1) is 0 Å². The topological polar surface area (TPSA) is 36.9 Å². The molecule has 126 valence electrons. The van der Waals surface area contributed by atoms with Crippen molar-refractivity contribution >= 4 is 0 Å². The summed E-state index contributed by atoms with van der Waals surface area (Å²) in [4.78, 5) is 0. The lowest BCUT2D eigenvalue weighted by Gasteiger charge is -2.43. The first-order valence-electron chi connectivity index (χ1n) is 8.19. The molecule has 2 aliphatic heterocycles. The Hall–Kier alpha value is -0.680. The fourth-order valence-corrected chi connectivity index (χ4v) is 3.73. The summed E-state index contributed by atoms with van der Waals surface area (Å²) in [5.74, 6) is 0. The molecule has 4 atom stereocenters. The van der Waals surface area contributed by atoms with Crippen molar-refractivity contribution in [1.82, 2.24) is 0 Å². The SMILES string of the molecule is CCC1(C2(CC)C=C(C)C(COC)O2)C=C(C)C(COC)O1. The van der Waals surface area contributed by atoms with Crippen molar-refractivity contribution in [3.8, 4) is 0 Å². The minimum absolute atomic E-state index is 0.00663. The molecule has 0 saturated heterocycles. The normalized spacial score (nSPS) is 38.3. The Kier molecular flexibility index (Phi) is 5.49. The molecule has 2 aliphatic rings. The summed E-state index contributed by atoms with van der Waals surface area (Å²) in [7, 11) is 3.42. The van der Waals surface area contributed by atoms with Gasteiger partial charge in [-0.05, 0) is 50.0 Å². The maximum absolute atomic E-state index is 6.48. The van der Waals surface area contributed by atoms with Crippen molar-refractivity contribution in [2.24, 2.45) is 0 Å². The van der Waals surface area contributed by atoms with Crippen LogP contribution in [-0.4, -0.2) is 50.8 Å². The van der Waals surface area contributed by atoms with E-state index in [2.05, 4.69) is 39.8 Å². The largest absolute Gasteiger partial charge is 0.382 e. The molecule has 0 aromatic carbocycles. The first kappa shape index (κ1) is 17.7. The van der Waals surface area contributed by atoms with Crippen LogP contribution in [0.4, 0.5) is 0 Å². The lowest BCUT2D eigenvalue weighted by molar-refractivity contribution is -0.184. The Morgan fingerprint density at radius 2 is 1.23 bits per heavy atom. The average Bonchev–Trinajstić information content (AvgIpc) is 3.00. The van der Waals surface area contributed by atoms with Crippen molar-refractivity contribution in [1.29, 1.82) is 0 Å². The van der Waals surface area contributed by atoms with E-state index < -0.39 is 11.2 Å². The van der Waals surface area contributed by atoms with Gasteiger partial charge in [0, 0.05) is 14.2 Å². The van der Waals surface area contributed by atoms with Crippen molar-refractivity contribution in [3.05, 3.63) is 23.3 Å². The summed E-state index contributed by atoms with van der Waals surface area (Å²) in [6.45, 7) is 9.70. The van der Waals surface area contributed by atoms with Gasteiger partial charge < -0.3 is 18.9 Å². The predicted octanol–water partition coefficient (Wildman–Crippen LogP) is 3.27. The third kappa shape index (κ3) is 2.78. The van der Waals surface area contributed by atoms with Gasteiger partial charge in [0.25, 0.3) is 0 Å². The predicted molar refractivity (Wildman–Crippen MR) is 87.1 cm³/mol. The van der Waals surface area contributed by atoms with Gasteiger partial charge in [0.1, 0.15) is 23.4 Å². The molecular formula is C18H30O4. The van der Waals surface area contributed by atoms with E-state index in [-0.39, 0.29) is 12.2 Å². The summed E-state index contributed by atoms with van der Waals surface area (Å²) >= 11 is 0. The van der Waals surface area contributed by atoms with Gasteiger partial charge >= 0.3 is 0 Å². The molecule has 0 amide bonds. The monoisotopic (exact) mass is 310 g/mol. The molecule has 4 unspecified atom stereocenters. The Bertz CT molecular complexity index is 414. The maximum atomic E-state index is 6.48. The second kappa shape index (κ2) is 6.83. The Balaban J connectivity index is 2.34. The summed E-state index contributed by atoms with van der Waals surface area (Å²) in [6, 6.07) is 0. The molecule has 0 spiro atoms. The molecule has 0 fully saturated rings. The van der Waals surface area contributed by atoms with Gasteiger partial charge in [-0.1, -0.05) is 13.8 Å². The molecule has 0 radical (unpaired) electrons. The van der Waals surface area contributed by atoms with Crippen molar-refractivity contribution in [2.45, 2.75) is 63.9 Å². The zero-order valence-corrected chi connectivity index (χ0v) is 14.8. The number of ether oxygens (including phenoxy) is 4. The first-order chi connectivity index (χ1) is 10.5. The molecule has 4 nitrogen and oxygen atoms in total. The standard InChI is InChI=1S/C18H30O4/c1-7-17(9-13(3)15(21-17)11-19-5)18(8-2)10-14(4)16(22-18)12-20-6/h9-10,15-16H,7-8,11-12H2,1-6H3. The lowest BCUT2D eigenvalue weighted by atomic mass is 9.78. The molecule has 0 aromatic heterocycles. The van der Waals surface area contributed by atoms with E-state index in [1.165, 1.54) is 11.1 Å². The fourth-order valence-electron chi connectivity index (χ4n) is 3.73. The smallest absolute Gasteiger partial charge is 0.120 e. The molecule has 2 rings (SSSR count). The summed E-state index contributed by atoms with van der Waals surface area (Å²) in [5, 5.41) is 0. The third-order valence-corrected chi connectivity index (χ3v) is 5.05. The number of rotatable bonds is 7. The first-order valence-corrected chi connectivity index (χ1v) is 8.19. The van der Waals surface area contributed by atoms with E-state index in [1.54, 1.807) is 14.2 Å². The van der Waals surface area contributed by atoms with Crippen LogP contribution in [0.1, 0.15) is 40.5 Å². The number of hydrogen-bond donors (Lipinski definition) is 0. The van der Waals surface area contributed by atoms with E-state index in [0.29, 0.717) is 13.2 Å². The third-order valence-electron chi connectivity index (χ3n) is 5.05. The zero-order chi connectivity index (χ0) is 16.4. The molecule has 0 saturated carbocycles. The van der Waals surface area contributed by atoms with Crippen LogP contribution in [-0.2, 0) is 18.9 Å². The quantitative estimate of drug-likeness (QED) is 0.676. The number of methoxy groups -OCH3 is 2. The van der Waals surface area contributed by atoms with Gasteiger partial charge in [-0.3, -0.25) is 0 Å². The second-order valence-corrected chi connectivity index (χ2v) is 6.39. The lowest BCUT2D eigenvalue weighted by Crippen LogP contribution is -2.53. The van der Waals surface area contributed by atoms with E-state index in [0.717, 1.165) is 12.8 Å². The highest BCUT2D eigenvalue weighted by Crippen LogP contribution is 2.48. The summed E-state index contributed by atoms with van der Waals surface area (Å²) in [5.41, 5.74) is 1.58. The van der Waals surface area contributed by atoms with E-state index in [4.69, 9.17) is 18.9 Å². The molecule has 2 heterocycles. The van der Waals surface area contributed by atoms with Gasteiger partial charge in [0.2, 0.25) is 0 Å². The highest BCUT2D eigenvalue weighted by molar-refractivity contribution is 5.34. The van der Waals surface area contributed by atoms with Crippen LogP contribution in [0.5, 0.6) is 0 Å². The van der Waals surface area contributed by atoms with Crippen LogP contribution in [0.15, 0.2) is 23.3 Å². The summed E-state index contributed by atoms with van der Waals surface area (Å²) < 4.78 is 23.6. The molecule has 4 heteroatoms. The molecule has 22 heavy (non-hydrogen) atoms. The minimum Gasteiger partial charge on any atom is -0.382 e. The van der Waals surface area contributed by atoms with E-state index >= 15 is 0 Å². The summed E-state index contributed by atoms with van der Waals surface area (Å²) in [6.07, 6.45) is 6.24. The van der Waals surface area contributed by atoms with Gasteiger partial charge in [-0.2, -0.15) is 0 Å². The Labute approximate surface area is 134 Å². The van der Waals surface area contributed by atoms with Crippen molar-refractivity contribution < 1.29 is 18.9 Å². The van der Waals surface area contributed by atoms with Crippen molar-refractivity contribution in [3.63, 3.8) is 0 Å². The van der Waals surface area contributed by atoms with Crippen molar-refractivity contribution in [2.75, 3.05) is 27.4 Å². The van der Waals surface area contributed by atoms with Crippen LogP contribution in [0.3, 0.4) is 0 Å². The van der Waals surface area contributed by atoms with Crippen LogP contribution < -0.4 is 0 Å². The Morgan fingerprint density at radius 3 is 1.50 bits per heavy atom. The highest BCUT2D eigenvalue weighted by Gasteiger charge is 2.56. The molecule has 0 aliphatic carbocycles.